The number of aromatic nitrogens is 4. The van der Waals surface area contributed by atoms with Crippen LogP contribution in [0.3, 0.4) is 0 Å². The topological polar surface area (TPSA) is 179 Å². The largest absolute Gasteiger partial charge is 0.490 e. The third kappa shape index (κ3) is 7.88. The summed E-state index contributed by atoms with van der Waals surface area (Å²) in [7, 11) is 0. The fourth-order valence-corrected chi connectivity index (χ4v) is 3.29. The molecule has 3 heterocycles. The SMILES string of the molecule is O=C(O)C(F)(F)F.O=C(O)CNc1ncc(-c2ccccc2)n(CC(=O)NCc2cc3cnccc3[nH]2)c1=O. The smallest absolute Gasteiger partial charge is 0.480 e. The maximum Gasteiger partial charge on any atom is 0.490 e. The van der Waals surface area contributed by atoms with Gasteiger partial charge in [-0.1, -0.05) is 30.3 Å². The number of rotatable bonds is 8. The number of aliphatic carboxylic acids is 2. The van der Waals surface area contributed by atoms with Crippen LogP contribution < -0.4 is 16.2 Å². The van der Waals surface area contributed by atoms with Crippen molar-refractivity contribution >= 4 is 34.6 Å². The van der Waals surface area contributed by atoms with Crippen molar-refractivity contribution in [1.82, 2.24) is 24.8 Å². The molecular formula is C24H21F3N6O6. The molecule has 3 aromatic heterocycles. The molecule has 0 bridgehead atoms. The minimum absolute atomic E-state index is 0.136. The highest BCUT2D eigenvalue weighted by Crippen LogP contribution is 2.18. The molecule has 0 saturated carbocycles. The van der Waals surface area contributed by atoms with Crippen LogP contribution >= 0.6 is 0 Å². The van der Waals surface area contributed by atoms with Crippen molar-refractivity contribution < 1.29 is 37.8 Å². The number of carboxylic acid groups (broad SMARTS) is 2. The minimum Gasteiger partial charge on any atom is -0.480 e. The van der Waals surface area contributed by atoms with Crippen LogP contribution in [0.1, 0.15) is 5.69 Å². The second kappa shape index (κ2) is 12.4. The molecule has 4 rings (SSSR count). The summed E-state index contributed by atoms with van der Waals surface area (Å²) in [6.07, 6.45) is -0.234. The Morgan fingerprint density at radius 2 is 1.74 bits per heavy atom. The number of carboxylic acids is 2. The van der Waals surface area contributed by atoms with Crippen molar-refractivity contribution in [3.8, 4) is 11.3 Å². The Bertz CT molecular complexity index is 1500. The molecule has 0 fully saturated rings. The standard InChI is InChI=1S/C22H20N6O4.C2HF3O2/c29-19(24-10-16-8-15-9-23-7-6-17(15)27-16)13-28-18(14-4-2-1-3-5-14)11-25-21(22(28)32)26-12-20(30)31;3-2(4,5)1(6)7/h1-9,11,27H,10,12-13H2,(H,24,29)(H,25,26)(H,30,31);(H,6,7). The molecule has 39 heavy (non-hydrogen) atoms. The van der Waals surface area contributed by atoms with Gasteiger partial charge in [-0.2, -0.15) is 13.2 Å². The number of pyridine rings is 1. The number of anilines is 1. The van der Waals surface area contributed by atoms with Gasteiger partial charge in [-0.3, -0.25) is 23.9 Å². The zero-order chi connectivity index (χ0) is 28.6. The fraction of sp³-hybridized carbons (Fsp3) is 0.167. The van der Waals surface area contributed by atoms with Gasteiger partial charge in [0.05, 0.1) is 18.4 Å². The summed E-state index contributed by atoms with van der Waals surface area (Å²) in [5.41, 5.74) is 2.28. The predicted octanol–water partition coefficient (Wildman–Crippen LogP) is 2.23. The lowest BCUT2D eigenvalue weighted by Crippen LogP contribution is -2.34. The van der Waals surface area contributed by atoms with Crippen molar-refractivity contribution in [1.29, 1.82) is 0 Å². The summed E-state index contributed by atoms with van der Waals surface area (Å²) in [5, 5.41) is 22.2. The molecule has 0 saturated heterocycles. The normalized spacial score (nSPS) is 10.8. The van der Waals surface area contributed by atoms with E-state index < -0.39 is 30.2 Å². The van der Waals surface area contributed by atoms with E-state index in [1.165, 1.54) is 10.8 Å². The highest BCUT2D eigenvalue weighted by Gasteiger charge is 2.38. The zero-order valence-electron chi connectivity index (χ0n) is 19.9. The van der Waals surface area contributed by atoms with Gasteiger partial charge >= 0.3 is 18.1 Å². The Morgan fingerprint density at radius 3 is 2.36 bits per heavy atom. The first-order chi connectivity index (χ1) is 18.5. The van der Waals surface area contributed by atoms with Gasteiger partial charge in [0.1, 0.15) is 13.1 Å². The van der Waals surface area contributed by atoms with E-state index in [-0.39, 0.29) is 24.8 Å². The van der Waals surface area contributed by atoms with Crippen LogP contribution in [0.25, 0.3) is 22.2 Å². The Balaban J connectivity index is 0.000000532. The monoisotopic (exact) mass is 546 g/mol. The Kier molecular flexibility index (Phi) is 8.98. The highest BCUT2D eigenvalue weighted by atomic mass is 19.4. The average Bonchev–Trinajstić information content (AvgIpc) is 3.31. The van der Waals surface area contributed by atoms with E-state index in [0.29, 0.717) is 11.3 Å². The molecule has 0 aliphatic rings. The van der Waals surface area contributed by atoms with Crippen LogP contribution in [0, 0.1) is 0 Å². The number of halogens is 3. The molecule has 0 radical (unpaired) electrons. The van der Waals surface area contributed by atoms with Crippen molar-refractivity contribution in [2.24, 2.45) is 0 Å². The van der Waals surface area contributed by atoms with E-state index in [0.717, 1.165) is 16.6 Å². The van der Waals surface area contributed by atoms with Gasteiger partial charge in [-0.25, -0.2) is 9.78 Å². The molecule has 0 spiro atoms. The first-order valence-electron chi connectivity index (χ1n) is 11.0. The van der Waals surface area contributed by atoms with Gasteiger partial charge in [-0.15, -0.1) is 0 Å². The van der Waals surface area contributed by atoms with Gasteiger partial charge in [-0.05, 0) is 17.7 Å². The average molecular weight is 546 g/mol. The van der Waals surface area contributed by atoms with E-state index in [1.54, 1.807) is 24.5 Å². The summed E-state index contributed by atoms with van der Waals surface area (Å²) < 4.78 is 33.0. The molecule has 4 aromatic rings. The third-order valence-corrected chi connectivity index (χ3v) is 5.03. The Labute approximate surface area is 217 Å². The summed E-state index contributed by atoms with van der Waals surface area (Å²) in [6.45, 7) is -0.471. The lowest BCUT2D eigenvalue weighted by molar-refractivity contribution is -0.192. The van der Waals surface area contributed by atoms with Crippen molar-refractivity contribution in [3.63, 3.8) is 0 Å². The number of benzene rings is 1. The number of amides is 1. The molecule has 1 aromatic carbocycles. The van der Waals surface area contributed by atoms with Gasteiger partial charge in [0.2, 0.25) is 5.91 Å². The lowest BCUT2D eigenvalue weighted by atomic mass is 10.1. The molecule has 5 N–H and O–H groups in total. The number of hydrogen-bond donors (Lipinski definition) is 5. The maximum absolute atomic E-state index is 13.0. The number of hydrogen-bond acceptors (Lipinski definition) is 7. The van der Waals surface area contributed by atoms with E-state index in [2.05, 4.69) is 25.6 Å². The lowest BCUT2D eigenvalue weighted by Gasteiger charge is -2.14. The number of carbonyl (C=O) groups excluding carboxylic acids is 1. The number of fused-ring (bicyclic) bond motifs is 1. The van der Waals surface area contributed by atoms with Crippen LogP contribution in [0.15, 0.2) is 65.8 Å². The van der Waals surface area contributed by atoms with Crippen molar-refractivity contribution in [2.45, 2.75) is 19.3 Å². The number of alkyl halides is 3. The number of nitrogens with zero attached hydrogens (tertiary/aromatic N) is 3. The quantitative estimate of drug-likeness (QED) is 0.222. The molecule has 15 heteroatoms. The summed E-state index contributed by atoms with van der Waals surface area (Å²) in [6, 6.07) is 12.8. The summed E-state index contributed by atoms with van der Waals surface area (Å²) in [5.74, 6) is -4.40. The third-order valence-electron chi connectivity index (χ3n) is 5.03. The fourth-order valence-electron chi connectivity index (χ4n) is 3.29. The van der Waals surface area contributed by atoms with Gasteiger partial charge in [0.25, 0.3) is 5.56 Å². The first kappa shape index (κ1) is 28.4. The van der Waals surface area contributed by atoms with Crippen LogP contribution in [-0.2, 0) is 27.5 Å². The van der Waals surface area contributed by atoms with Gasteiger partial charge in [0.15, 0.2) is 5.82 Å². The second-order valence-electron chi connectivity index (χ2n) is 7.83. The molecule has 12 nitrogen and oxygen atoms in total. The first-order valence-corrected chi connectivity index (χ1v) is 11.0. The minimum atomic E-state index is -5.08. The van der Waals surface area contributed by atoms with Crippen molar-refractivity contribution in [2.75, 3.05) is 11.9 Å². The second-order valence-corrected chi connectivity index (χ2v) is 7.83. The maximum atomic E-state index is 13.0. The van der Waals surface area contributed by atoms with Gasteiger partial charge in [0, 0.05) is 29.0 Å². The number of nitrogens with one attached hydrogen (secondary N) is 3. The molecule has 204 valence electrons. The number of H-pyrrole nitrogens is 1. The molecular weight excluding hydrogens is 525 g/mol. The molecule has 0 unspecified atom stereocenters. The van der Waals surface area contributed by atoms with E-state index in [9.17, 15) is 27.6 Å². The van der Waals surface area contributed by atoms with E-state index in [4.69, 9.17) is 15.0 Å². The summed E-state index contributed by atoms with van der Waals surface area (Å²) >= 11 is 0. The number of carbonyl (C=O) groups is 3. The van der Waals surface area contributed by atoms with Crippen molar-refractivity contribution in [3.05, 3.63) is 77.1 Å². The Morgan fingerprint density at radius 1 is 1.05 bits per heavy atom. The predicted molar refractivity (Wildman–Crippen MR) is 132 cm³/mol. The number of aromatic amines is 1. The molecule has 1 amide bonds. The molecule has 0 aliphatic carbocycles. The van der Waals surface area contributed by atoms with E-state index in [1.807, 2.05) is 30.3 Å². The van der Waals surface area contributed by atoms with Gasteiger partial charge < -0.3 is 25.8 Å². The molecule has 0 atom stereocenters. The highest BCUT2D eigenvalue weighted by molar-refractivity contribution is 5.80. The van der Waals surface area contributed by atoms with E-state index >= 15 is 0 Å². The van der Waals surface area contributed by atoms with Crippen LogP contribution in [0.5, 0.6) is 0 Å². The Hall–Kier alpha value is -5.21. The van der Waals surface area contributed by atoms with Crippen LogP contribution in [0.2, 0.25) is 0 Å². The van der Waals surface area contributed by atoms with Crippen LogP contribution in [-0.4, -0.2) is 60.3 Å². The van der Waals surface area contributed by atoms with Crippen LogP contribution in [0.4, 0.5) is 19.0 Å². The molecule has 0 aliphatic heterocycles. The summed E-state index contributed by atoms with van der Waals surface area (Å²) in [4.78, 5) is 56.7. The zero-order valence-corrected chi connectivity index (χ0v) is 19.9.